The Morgan fingerprint density at radius 2 is 1.78 bits per heavy atom. The maximum Gasteiger partial charge on any atom is 0.253 e. The van der Waals surface area contributed by atoms with Gasteiger partial charge in [-0.3, -0.25) is 4.79 Å². The molecular formula is C27H35N7O2. The number of hydrogen-bond acceptors (Lipinski definition) is 8. The molecule has 5 rings (SSSR count). The van der Waals surface area contributed by atoms with Gasteiger partial charge in [0, 0.05) is 29.9 Å². The molecule has 3 heterocycles. The van der Waals surface area contributed by atoms with Crippen LogP contribution >= 0.6 is 0 Å². The number of carbonyl (C=O) groups excluding carboxylic acids is 1. The monoisotopic (exact) mass is 489 g/mol. The second kappa shape index (κ2) is 11.2. The van der Waals surface area contributed by atoms with E-state index < -0.39 is 0 Å². The summed E-state index contributed by atoms with van der Waals surface area (Å²) in [5.41, 5.74) is 1.32. The van der Waals surface area contributed by atoms with Crippen molar-refractivity contribution < 1.29 is 9.53 Å². The van der Waals surface area contributed by atoms with Crippen molar-refractivity contribution in [2.45, 2.75) is 56.7 Å². The number of likely N-dealkylation sites (tertiary alicyclic amines) is 1. The quantitative estimate of drug-likeness (QED) is 0.463. The number of ether oxygens (including phenoxy) is 1. The van der Waals surface area contributed by atoms with Crippen molar-refractivity contribution in [2.24, 2.45) is 0 Å². The molecule has 1 saturated heterocycles. The average molecular weight is 490 g/mol. The zero-order valence-corrected chi connectivity index (χ0v) is 21.0. The van der Waals surface area contributed by atoms with Crippen LogP contribution in [0, 0.1) is 0 Å². The molecule has 3 aromatic rings. The summed E-state index contributed by atoms with van der Waals surface area (Å²) in [5, 5.41) is 10.6. The Labute approximate surface area is 212 Å². The SMILES string of the molecule is CNC1CCC(Oc2cccc3cnc(Nc4ccc(C(=O)NC5CCN(C)CC5)cn4)nc23)CC1. The molecule has 1 aliphatic heterocycles. The fraction of sp³-hybridized carbons (Fsp3) is 0.481. The zero-order valence-electron chi connectivity index (χ0n) is 21.0. The highest BCUT2D eigenvalue weighted by Gasteiger charge is 2.22. The van der Waals surface area contributed by atoms with Crippen molar-refractivity contribution >= 4 is 28.6 Å². The summed E-state index contributed by atoms with van der Waals surface area (Å²) < 4.78 is 6.37. The van der Waals surface area contributed by atoms with E-state index in [1.54, 1.807) is 24.5 Å². The van der Waals surface area contributed by atoms with E-state index in [4.69, 9.17) is 9.72 Å². The van der Waals surface area contributed by atoms with Crippen molar-refractivity contribution in [2.75, 3.05) is 32.5 Å². The van der Waals surface area contributed by atoms with E-state index in [0.29, 0.717) is 23.4 Å². The van der Waals surface area contributed by atoms with Gasteiger partial charge in [0.15, 0.2) is 0 Å². The first-order valence-corrected chi connectivity index (χ1v) is 12.9. The molecule has 0 bridgehead atoms. The minimum Gasteiger partial charge on any atom is -0.488 e. The molecule has 2 aromatic heterocycles. The molecule has 1 amide bonds. The van der Waals surface area contributed by atoms with Crippen LogP contribution in [0.15, 0.2) is 42.7 Å². The summed E-state index contributed by atoms with van der Waals surface area (Å²) in [6, 6.07) is 10.3. The highest BCUT2D eigenvalue weighted by atomic mass is 16.5. The molecule has 3 N–H and O–H groups in total. The minimum atomic E-state index is -0.0869. The largest absolute Gasteiger partial charge is 0.488 e. The normalized spacial score (nSPS) is 21.3. The zero-order chi connectivity index (χ0) is 24.9. The highest BCUT2D eigenvalue weighted by molar-refractivity contribution is 5.94. The molecule has 2 fully saturated rings. The van der Waals surface area contributed by atoms with E-state index in [1.165, 1.54) is 0 Å². The number of fused-ring (bicyclic) bond motifs is 1. The van der Waals surface area contributed by atoms with Gasteiger partial charge in [0.05, 0.1) is 11.7 Å². The van der Waals surface area contributed by atoms with Gasteiger partial charge in [-0.2, -0.15) is 0 Å². The molecule has 2 aliphatic rings. The van der Waals surface area contributed by atoms with E-state index in [9.17, 15) is 4.79 Å². The molecule has 0 spiro atoms. The third-order valence-electron chi connectivity index (χ3n) is 7.27. The number of piperidine rings is 1. The predicted molar refractivity (Wildman–Crippen MR) is 141 cm³/mol. The topological polar surface area (TPSA) is 104 Å². The van der Waals surface area contributed by atoms with Crippen LogP contribution in [0.2, 0.25) is 0 Å². The lowest BCUT2D eigenvalue weighted by Gasteiger charge is -2.29. The molecule has 0 unspecified atom stereocenters. The van der Waals surface area contributed by atoms with E-state index in [0.717, 1.165) is 68.3 Å². The Morgan fingerprint density at radius 3 is 2.50 bits per heavy atom. The molecule has 1 saturated carbocycles. The number of nitrogens with one attached hydrogen (secondary N) is 3. The van der Waals surface area contributed by atoms with Crippen LogP contribution in [-0.2, 0) is 0 Å². The average Bonchev–Trinajstić information content (AvgIpc) is 2.91. The summed E-state index contributed by atoms with van der Waals surface area (Å²) in [5.74, 6) is 1.71. The summed E-state index contributed by atoms with van der Waals surface area (Å²) in [4.78, 5) is 28.5. The van der Waals surface area contributed by atoms with Gasteiger partial charge in [0.25, 0.3) is 5.91 Å². The molecule has 0 radical (unpaired) electrons. The van der Waals surface area contributed by atoms with Gasteiger partial charge in [-0.15, -0.1) is 0 Å². The van der Waals surface area contributed by atoms with E-state index >= 15 is 0 Å². The van der Waals surface area contributed by atoms with Crippen LogP contribution in [0.1, 0.15) is 48.9 Å². The van der Waals surface area contributed by atoms with Gasteiger partial charge in [0.1, 0.15) is 17.1 Å². The molecule has 190 valence electrons. The number of rotatable bonds is 7. The number of nitrogens with zero attached hydrogens (tertiary/aromatic N) is 4. The van der Waals surface area contributed by atoms with E-state index in [1.807, 2.05) is 25.2 Å². The lowest BCUT2D eigenvalue weighted by molar-refractivity contribution is 0.0916. The molecule has 36 heavy (non-hydrogen) atoms. The van der Waals surface area contributed by atoms with Crippen molar-refractivity contribution in [3.05, 3.63) is 48.3 Å². The number of aromatic nitrogens is 3. The van der Waals surface area contributed by atoms with Crippen LogP contribution in [0.25, 0.3) is 10.9 Å². The second-order valence-electron chi connectivity index (χ2n) is 9.88. The number of anilines is 2. The van der Waals surface area contributed by atoms with Crippen molar-refractivity contribution in [3.8, 4) is 5.75 Å². The van der Waals surface area contributed by atoms with Crippen LogP contribution < -0.4 is 20.7 Å². The molecule has 9 heteroatoms. The minimum absolute atomic E-state index is 0.0869. The van der Waals surface area contributed by atoms with Crippen molar-refractivity contribution in [3.63, 3.8) is 0 Å². The Kier molecular flexibility index (Phi) is 7.58. The standard InChI is InChI=1S/C27H35N7O2/c1-28-20-7-9-22(10-8-20)36-23-5-3-4-18-16-30-27(33-25(18)23)32-24-11-6-19(17-29-24)26(35)31-21-12-14-34(2)15-13-21/h3-6,11,16-17,20-22,28H,7-10,12-15H2,1-2H3,(H,31,35)(H,29,30,32,33). The predicted octanol–water partition coefficient (Wildman–Crippen LogP) is 3.50. The number of benzene rings is 1. The Hall–Kier alpha value is -3.30. The number of amides is 1. The highest BCUT2D eigenvalue weighted by Crippen LogP contribution is 2.29. The third kappa shape index (κ3) is 5.91. The van der Waals surface area contributed by atoms with Crippen molar-refractivity contribution in [1.29, 1.82) is 0 Å². The summed E-state index contributed by atoms with van der Waals surface area (Å²) in [6.07, 6.45) is 9.80. The van der Waals surface area contributed by atoms with Gasteiger partial charge in [-0.1, -0.05) is 12.1 Å². The summed E-state index contributed by atoms with van der Waals surface area (Å²) >= 11 is 0. The van der Waals surface area contributed by atoms with Gasteiger partial charge >= 0.3 is 0 Å². The van der Waals surface area contributed by atoms with Crippen LogP contribution in [0.5, 0.6) is 5.75 Å². The second-order valence-corrected chi connectivity index (χ2v) is 9.88. The van der Waals surface area contributed by atoms with Crippen molar-refractivity contribution in [1.82, 2.24) is 30.5 Å². The Morgan fingerprint density at radius 1 is 0.972 bits per heavy atom. The smallest absolute Gasteiger partial charge is 0.253 e. The van der Waals surface area contributed by atoms with E-state index in [-0.39, 0.29) is 18.1 Å². The van der Waals surface area contributed by atoms with Gasteiger partial charge in [0.2, 0.25) is 5.95 Å². The number of para-hydroxylation sites is 1. The molecule has 9 nitrogen and oxygen atoms in total. The van der Waals surface area contributed by atoms with Crippen LogP contribution in [0.4, 0.5) is 11.8 Å². The molecule has 1 aliphatic carbocycles. The van der Waals surface area contributed by atoms with Gasteiger partial charge in [-0.05, 0) is 83.9 Å². The van der Waals surface area contributed by atoms with Gasteiger partial charge in [-0.25, -0.2) is 15.0 Å². The lowest BCUT2D eigenvalue weighted by atomic mass is 9.93. The Bertz CT molecular complexity index is 1170. The number of carbonyl (C=O) groups is 1. The first kappa shape index (κ1) is 24.4. The Balaban J connectivity index is 1.23. The fourth-order valence-electron chi connectivity index (χ4n) is 4.97. The van der Waals surface area contributed by atoms with Crippen LogP contribution in [0.3, 0.4) is 0 Å². The van der Waals surface area contributed by atoms with Gasteiger partial charge < -0.3 is 25.6 Å². The van der Waals surface area contributed by atoms with Crippen LogP contribution in [-0.4, -0.2) is 71.1 Å². The number of hydrogen-bond donors (Lipinski definition) is 3. The third-order valence-corrected chi connectivity index (χ3v) is 7.27. The maximum absolute atomic E-state index is 12.6. The molecule has 1 aromatic carbocycles. The summed E-state index contributed by atoms with van der Waals surface area (Å²) in [7, 11) is 4.13. The lowest BCUT2D eigenvalue weighted by Crippen LogP contribution is -2.43. The summed E-state index contributed by atoms with van der Waals surface area (Å²) in [6.45, 7) is 2.00. The molecular weight excluding hydrogens is 454 g/mol. The maximum atomic E-state index is 12.6. The number of pyridine rings is 1. The first-order chi connectivity index (χ1) is 17.6. The van der Waals surface area contributed by atoms with E-state index in [2.05, 4.69) is 37.9 Å². The molecule has 0 atom stereocenters. The fourth-order valence-corrected chi connectivity index (χ4v) is 4.97. The first-order valence-electron chi connectivity index (χ1n) is 12.9.